The molecular formula is C31H34ClN5O4. The van der Waals surface area contributed by atoms with Gasteiger partial charge in [0.2, 0.25) is 11.8 Å². The third-order valence-corrected chi connectivity index (χ3v) is 9.00. The van der Waals surface area contributed by atoms with Gasteiger partial charge in [-0.1, -0.05) is 29.8 Å². The predicted octanol–water partition coefficient (Wildman–Crippen LogP) is 3.61. The average Bonchev–Trinajstić information content (AvgIpc) is 3.18. The fourth-order valence-corrected chi connectivity index (χ4v) is 6.78. The highest BCUT2D eigenvalue weighted by Gasteiger charge is 2.42. The summed E-state index contributed by atoms with van der Waals surface area (Å²) >= 11 is 5.97. The lowest BCUT2D eigenvalue weighted by molar-refractivity contribution is -0.136. The number of ether oxygens (including phenoxy) is 1. The van der Waals surface area contributed by atoms with Crippen molar-refractivity contribution in [1.82, 2.24) is 20.4 Å². The van der Waals surface area contributed by atoms with Crippen LogP contribution in [0.1, 0.15) is 58.6 Å². The van der Waals surface area contributed by atoms with Crippen molar-refractivity contribution in [3.8, 4) is 5.75 Å². The third-order valence-electron chi connectivity index (χ3n) is 8.75. The number of carbonyl (C=O) groups excluding carboxylic acids is 3. The molecule has 0 spiro atoms. The molecule has 0 aromatic heterocycles. The molecule has 2 aromatic carbocycles. The minimum Gasteiger partial charge on any atom is -0.493 e. The molecule has 0 aliphatic carbocycles. The summed E-state index contributed by atoms with van der Waals surface area (Å²) in [5, 5.41) is 14.3. The van der Waals surface area contributed by atoms with Crippen molar-refractivity contribution >= 4 is 35.5 Å². The van der Waals surface area contributed by atoms with Crippen LogP contribution in [-0.2, 0) is 22.7 Å². The van der Waals surface area contributed by atoms with Gasteiger partial charge in [0.15, 0.2) is 0 Å². The van der Waals surface area contributed by atoms with Gasteiger partial charge in [-0.15, -0.1) is 0 Å². The lowest BCUT2D eigenvalue weighted by atomic mass is 9.78. The number of halogens is 1. The van der Waals surface area contributed by atoms with E-state index in [0.29, 0.717) is 55.1 Å². The van der Waals surface area contributed by atoms with Crippen LogP contribution in [0.25, 0.3) is 0 Å². The van der Waals surface area contributed by atoms with Gasteiger partial charge in [0.05, 0.1) is 13.2 Å². The van der Waals surface area contributed by atoms with Crippen molar-refractivity contribution < 1.29 is 19.1 Å². The number of amides is 3. The molecule has 214 valence electrons. The lowest BCUT2D eigenvalue weighted by Crippen LogP contribution is -2.52. The van der Waals surface area contributed by atoms with Gasteiger partial charge < -0.3 is 20.4 Å². The Kier molecular flexibility index (Phi) is 7.81. The molecule has 0 radical (unpaired) electrons. The summed E-state index contributed by atoms with van der Waals surface area (Å²) < 4.78 is 6.33. The summed E-state index contributed by atoms with van der Waals surface area (Å²) in [4.78, 5) is 41.4. The van der Waals surface area contributed by atoms with E-state index in [1.54, 1.807) is 4.90 Å². The summed E-state index contributed by atoms with van der Waals surface area (Å²) in [6.07, 6.45) is 5.80. The number of imide groups is 1. The second-order valence-electron chi connectivity index (χ2n) is 11.3. The van der Waals surface area contributed by atoms with E-state index in [1.165, 1.54) is 6.21 Å². The third kappa shape index (κ3) is 5.61. The van der Waals surface area contributed by atoms with Gasteiger partial charge in [-0.25, -0.2) is 0 Å². The number of nitrogens with zero attached hydrogens (tertiary/aromatic N) is 2. The highest BCUT2D eigenvalue weighted by molar-refractivity contribution is 6.30. The maximum absolute atomic E-state index is 13.3. The van der Waals surface area contributed by atoms with Crippen molar-refractivity contribution in [2.75, 3.05) is 26.2 Å². The molecular weight excluding hydrogens is 542 g/mol. The van der Waals surface area contributed by atoms with Gasteiger partial charge in [-0.05, 0) is 72.5 Å². The zero-order valence-corrected chi connectivity index (χ0v) is 23.6. The van der Waals surface area contributed by atoms with Crippen molar-refractivity contribution in [1.29, 1.82) is 5.41 Å². The van der Waals surface area contributed by atoms with E-state index in [9.17, 15) is 14.4 Å². The van der Waals surface area contributed by atoms with Crippen LogP contribution in [0.15, 0.2) is 48.2 Å². The van der Waals surface area contributed by atoms with Gasteiger partial charge in [0.25, 0.3) is 5.91 Å². The van der Waals surface area contributed by atoms with E-state index in [1.807, 2.05) is 42.6 Å². The van der Waals surface area contributed by atoms with Crippen molar-refractivity contribution in [3.63, 3.8) is 0 Å². The van der Waals surface area contributed by atoms with E-state index >= 15 is 0 Å². The van der Waals surface area contributed by atoms with Crippen molar-refractivity contribution in [2.24, 2.45) is 5.92 Å². The maximum atomic E-state index is 13.3. The van der Waals surface area contributed by atoms with Crippen LogP contribution in [-0.4, -0.2) is 66.0 Å². The van der Waals surface area contributed by atoms with Crippen LogP contribution < -0.4 is 15.4 Å². The molecule has 2 fully saturated rings. The molecule has 6 rings (SSSR count). The van der Waals surface area contributed by atoms with Gasteiger partial charge in [-0.3, -0.25) is 24.6 Å². The molecule has 3 unspecified atom stereocenters. The minimum absolute atomic E-state index is 0.174. The molecule has 0 bridgehead atoms. The molecule has 2 aromatic rings. The first-order chi connectivity index (χ1) is 19.9. The smallest absolute Gasteiger partial charge is 0.255 e. The summed E-state index contributed by atoms with van der Waals surface area (Å²) in [5.74, 6) is 0.664. The number of benzene rings is 2. The Hall–Kier alpha value is -3.69. The molecule has 2 saturated heterocycles. The highest BCUT2D eigenvalue weighted by atomic mass is 35.5. The fraction of sp³-hybridized carbons (Fsp3) is 0.419. The number of piperidine rings is 2. The molecule has 10 heteroatoms. The van der Waals surface area contributed by atoms with E-state index in [0.717, 1.165) is 53.9 Å². The SMILES string of the molecule is N=C/C(=C\NCc1ccc(Cl)cc1)CN1CCC2c3ccc4c(c3OCCC2C1)CN(C1CCC(=O)NC1=O)C4=O. The number of hydrogen-bond donors (Lipinski definition) is 3. The monoisotopic (exact) mass is 575 g/mol. The first-order valence-electron chi connectivity index (χ1n) is 14.2. The van der Waals surface area contributed by atoms with Crippen molar-refractivity contribution in [3.05, 3.63) is 75.4 Å². The number of fused-ring (bicyclic) bond motifs is 5. The molecule has 41 heavy (non-hydrogen) atoms. The van der Waals surface area contributed by atoms with E-state index < -0.39 is 11.9 Å². The topological polar surface area (TPSA) is 115 Å². The Balaban J connectivity index is 1.12. The first kappa shape index (κ1) is 27.5. The van der Waals surface area contributed by atoms with Crippen LogP contribution in [0.5, 0.6) is 5.75 Å². The standard InChI is InChI=1S/C31H34ClN5O4/c32-22-3-1-19(2-4-22)14-34-15-20(13-33)16-36-11-9-23-21(17-36)10-12-41-29-24(23)5-6-25-26(29)18-37(31(25)40)27-7-8-28(38)35-30(27)39/h1-6,13,15,21,23,27,33-34H,7-12,14,16-18H2,(H,35,38,39)/b20-15+,33-13?. The Labute approximate surface area is 244 Å². The van der Waals surface area contributed by atoms with Gasteiger partial charge >= 0.3 is 0 Å². The quantitative estimate of drug-likeness (QED) is 0.343. The van der Waals surface area contributed by atoms with Crippen LogP contribution in [0.2, 0.25) is 5.02 Å². The molecule has 4 aliphatic heterocycles. The molecule has 3 atom stereocenters. The number of nitrogens with one attached hydrogen (secondary N) is 3. The second kappa shape index (κ2) is 11.7. The van der Waals surface area contributed by atoms with Gasteiger partial charge in [0, 0.05) is 54.6 Å². The maximum Gasteiger partial charge on any atom is 0.255 e. The van der Waals surface area contributed by atoms with E-state index in [2.05, 4.69) is 15.5 Å². The lowest BCUT2D eigenvalue weighted by Gasteiger charge is -2.38. The Morgan fingerprint density at radius 3 is 2.73 bits per heavy atom. The summed E-state index contributed by atoms with van der Waals surface area (Å²) in [6.45, 7) is 4.08. The van der Waals surface area contributed by atoms with Crippen LogP contribution in [0.4, 0.5) is 0 Å². The summed E-state index contributed by atoms with van der Waals surface area (Å²) in [5.41, 5.74) is 4.66. The summed E-state index contributed by atoms with van der Waals surface area (Å²) in [7, 11) is 0. The molecule has 3 N–H and O–H groups in total. The molecule has 9 nitrogen and oxygen atoms in total. The predicted molar refractivity (Wildman–Crippen MR) is 155 cm³/mol. The Bertz CT molecular complexity index is 1410. The fourth-order valence-electron chi connectivity index (χ4n) is 6.65. The molecule has 4 aliphatic rings. The largest absolute Gasteiger partial charge is 0.493 e. The van der Waals surface area contributed by atoms with Gasteiger partial charge in [0.1, 0.15) is 11.8 Å². The van der Waals surface area contributed by atoms with Crippen LogP contribution in [0.3, 0.4) is 0 Å². The number of carbonyl (C=O) groups is 3. The summed E-state index contributed by atoms with van der Waals surface area (Å²) in [6, 6.07) is 11.0. The number of likely N-dealkylation sites (tertiary alicyclic amines) is 1. The van der Waals surface area contributed by atoms with Crippen LogP contribution >= 0.6 is 11.6 Å². The zero-order chi connectivity index (χ0) is 28.5. The van der Waals surface area contributed by atoms with E-state index in [-0.39, 0.29) is 18.2 Å². The minimum atomic E-state index is -0.637. The highest BCUT2D eigenvalue weighted by Crippen LogP contribution is 2.46. The first-order valence-corrected chi connectivity index (χ1v) is 14.6. The number of rotatable bonds is 7. The van der Waals surface area contributed by atoms with Gasteiger partial charge in [-0.2, -0.15) is 0 Å². The van der Waals surface area contributed by atoms with Crippen LogP contribution in [0, 0.1) is 11.3 Å². The molecule has 4 heterocycles. The molecule has 0 saturated carbocycles. The second-order valence-corrected chi connectivity index (χ2v) is 11.7. The van der Waals surface area contributed by atoms with E-state index in [4.69, 9.17) is 21.7 Å². The average molecular weight is 576 g/mol. The number of hydrogen-bond acceptors (Lipinski definition) is 7. The zero-order valence-electron chi connectivity index (χ0n) is 22.8. The Morgan fingerprint density at radius 2 is 1.95 bits per heavy atom. The van der Waals surface area contributed by atoms with Crippen molar-refractivity contribution in [2.45, 2.75) is 50.7 Å². The Morgan fingerprint density at radius 1 is 1.12 bits per heavy atom. The molecule has 3 amide bonds. The normalized spacial score (nSPS) is 24.5.